The first-order chi connectivity index (χ1) is 13.8. The van der Waals surface area contributed by atoms with E-state index in [9.17, 15) is 13.2 Å². The molecule has 3 heterocycles. The minimum atomic E-state index is -3.04. The van der Waals surface area contributed by atoms with Crippen molar-refractivity contribution in [3.63, 3.8) is 0 Å². The third kappa shape index (κ3) is 3.73. The zero-order valence-electron chi connectivity index (χ0n) is 16.7. The van der Waals surface area contributed by atoms with Crippen molar-refractivity contribution >= 4 is 44.1 Å². The van der Waals surface area contributed by atoms with Crippen LogP contribution in [-0.2, 0) is 14.6 Å². The number of aromatic nitrogens is 3. The van der Waals surface area contributed by atoms with Gasteiger partial charge in [-0.1, -0.05) is 30.0 Å². The summed E-state index contributed by atoms with van der Waals surface area (Å²) in [7, 11) is -3.04. The summed E-state index contributed by atoms with van der Waals surface area (Å²) in [6, 6.07) is 9.82. The number of nitrogens with zero attached hydrogens (tertiary/aromatic N) is 4. The van der Waals surface area contributed by atoms with E-state index in [1.807, 2.05) is 49.4 Å². The highest BCUT2D eigenvalue weighted by molar-refractivity contribution is 8.00. The van der Waals surface area contributed by atoms with Crippen LogP contribution in [0.3, 0.4) is 0 Å². The number of benzene rings is 1. The second kappa shape index (κ2) is 7.60. The highest BCUT2D eigenvalue weighted by Crippen LogP contribution is 2.29. The molecule has 0 spiro atoms. The molecule has 4 rings (SSSR count). The molecule has 0 N–H and O–H groups in total. The molecule has 0 bridgehead atoms. The van der Waals surface area contributed by atoms with Crippen LogP contribution in [0, 0.1) is 6.92 Å². The van der Waals surface area contributed by atoms with Gasteiger partial charge < -0.3 is 4.90 Å². The smallest absolute Gasteiger partial charge is 0.236 e. The minimum absolute atomic E-state index is 0.0573. The topological polar surface area (TPSA) is 84.6 Å². The van der Waals surface area contributed by atoms with Crippen molar-refractivity contribution in [1.82, 2.24) is 19.5 Å². The van der Waals surface area contributed by atoms with Crippen LogP contribution in [0.4, 0.5) is 0 Å². The van der Waals surface area contributed by atoms with E-state index in [0.717, 1.165) is 22.1 Å². The number of para-hydroxylation sites is 1. The molecule has 0 aliphatic carbocycles. The van der Waals surface area contributed by atoms with E-state index in [1.165, 1.54) is 11.8 Å². The van der Waals surface area contributed by atoms with Crippen LogP contribution in [0.15, 0.2) is 35.5 Å². The maximum atomic E-state index is 13.1. The first-order valence-corrected chi connectivity index (χ1v) is 12.4. The Hall–Kier alpha value is -2.13. The maximum absolute atomic E-state index is 13.1. The van der Waals surface area contributed by atoms with Gasteiger partial charge in [0.15, 0.2) is 20.6 Å². The summed E-state index contributed by atoms with van der Waals surface area (Å²) >= 11 is 1.36. The molecule has 154 valence electrons. The summed E-state index contributed by atoms with van der Waals surface area (Å²) in [4.78, 5) is 14.8. The summed E-state index contributed by atoms with van der Waals surface area (Å²) in [5.74, 6) is 0.151. The van der Waals surface area contributed by atoms with E-state index < -0.39 is 15.1 Å². The molecule has 2 atom stereocenters. The molecule has 1 aliphatic rings. The number of thioether (sulfide) groups is 1. The van der Waals surface area contributed by atoms with Gasteiger partial charge in [-0.15, -0.1) is 10.2 Å². The predicted molar refractivity (Wildman–Crippen MR) is 115 cm³/mol. The van der Waals surface area contributed by atoms with Gasteiger partial charge in [0.2, 0.25) is 5.91 Å². The third-order valence-corrected chi connectivity index (χ3v) is 8.26. The molecule has 2 aromatic heterocycles. The molecular weight excluding hydrogens is 408 g/mol. The van der Waals surface area contributed by atoms with Gasteiger partial charge in [-0.3, -0.25) is 9.20 Å². The number of hydrogen-bond donors (Lipinski definition) is 0. The van der Waals surface area contributed by atoms with E-state index in [1.54, 1.807) is 4.90 Å². The molecule has 1 fully saturated rings. The van der Waals surface area contributed by atoms with Crippen LogP contribution in [0.2, 0.25) is 0 Å². The largest absolute Gasteiger partial charge is 0.338 e. The predicted octanol–water partition coefficient (Wildman–Crippen LogP) is 2.71. The van der Waals surface area contributed by atoms with Crippen LogP contribution in [-0.4, -0.2) is 63.2 Å². The van der Waals surface area contributed by atoms with Crippen molar-refractivity contribution in [2.75, 3.05) is 18.1 Å². The van der Waals surface area contributed by atoms with Gasteiger partial charge in [0.25, 0.3) is 0 Å². The number of pyridine rings is 1. The van der Waals surface area contributed by atoms with Crippen LogP contribution in [0.25, 0.3) is 16.6 Å². The Morgan fingerprint density at radius 3 is 2.79 bits per heavy atom. The Morgan fingerprint density at radius 1 is 1.34 bits per heavy atom. The molecule has 1 amide bonds. The molecule has 0 saturated carbocycles. The lowest BCUT2D eigenvalue weighted by Crippen LogP contribution is -2.44. The molecule has 29 heavy (non-hydrogen) atoms. The molecule has 1 aliphatic heterocycles. The molecule has 7 nitrogen and oxygen atoms in total. The van der Waals surface area contributed by atoms with Gasteiger partial charge in [0, 0.05) is 18.0 Å². The number of aryl methyl sites for hydroxylation is 1. The Bertz CT molecular complexity index is 1190. The van der Waals surface area contributed by atoms with E-state index in [4.69, 9.17) is 0 Å². The van der Waals surface area contributed by atoms with Gasteiger partial charge in [0.1, 0.15) is 0 Å². The number of sulfone groups is 1. The van der Waals surface area contributed by atoms with Crippen LogP contribution in [0.1, 0.15) is 25.8 Å². The maximum Gasteiger partial charge on any atom is 0.236 e. The molecular formula is C20H24N4O3S2. The first-order valence-electron chi connectivity index (χ1n) is 9.72. The van der Waals surface area contributed by atoms with Crippen LogP contribution in [0.5, 0.6) is 0 Å². The monoisotopic (exact) mass is 432 g/mol. The van der Waals surface area contributed by atoms with Crippen molar-refractivity contribution in [3.8, 4) is 0 Å². The zero-order valence-corrected chi connectivity index (χ0v) is 18.3. The van der Waals surface area contributed by atoms with E-state index in [0.29, 0.717) is 18.1 Å². The standard InChI is InChI=1S/C20H24N4O3S2/c1-4-23(15-9-10-29(26,27)12-15)19(25)14(3)28-20-22-21-18-11-13(2)16-7-5-6-8-17(16)24(18)20/h5-8,11,14-15H,4,9-10,12H2,1-3H3. The Morgan fingerprint density at radius 2 is 2.10 bits per heavy atom. The first kappa shape index (κ1) is 20.2. The van der Waals surface area contributed by atoms with Crippen molar-refractivity contribution in [2.24, 2.45) is 0 Å². The average Bonchev–Trinajstić information content (AvgIpc) is 3.25. The Kier molecular flexibility index (Phi) is 5.29. The quantitative estimate of drug-likeness (QED) is 0.577. The molecule has 1 saturated heterocycles. The lowest BCUT2D eigenvalue weighted by Gasteiger charge is -2.29. The fraction of sp³-hybridized carbons (Fsp3) is 0.450. The molecule has 3 aromatic rings. The highest BCUT2D eigenvalue weighted by Gasteiger charge is 2.35. The van der Waals surface area contributed by atoms with Gasteiger partial charge in [-0.05, 0) is 44.9 Å². The Labute approximate surface area is 174 Å². The summed E-state index contributed by atoms with van der Waals surface area (Å²) in [6.45, 7) is 6.27. The van der Waals surface area contributed by atoms with Gasteiger partial charge >= 0.3 is 0 Å². The second-order valence-corrected chi connectivity index (χ2v) is 11.0. The van der Waals surface area contributed by atoms with Crippen LogP contribution >= 0.6 is 11.8 Å². The summed E-state index contributed by atoms with van der Waals surface area (Å²) in [5, 5.41) is 9.99. The Balaban J connectivity index is 1.63. The number of amides is 1. The average molecular weight is 433 g/mol. The molecule has 1 aromatic carbocycles. The number of rotatable bonds is 5. The highest BCUT2D eigenvalue weighted by atomic mass is 32.2. The van der Waals surface area contributed by atoms with Crippen molar-refractivity contribution in [1.29, 1.82) is 0 Å². The number of carbonyl (C=O) groups is 1. The number of fused-ring (bicyclic) bond motifs is 3. The summed E-state index contributed by atoms with van der Waals surface area (Å²) < 4.78 is 25.7. The molecule has 0 radical (unpaired) electrons. The molecule has 2 unspecified atom stereocenters. The minimum Gasteiger partial charge on any atom is -0.338 e. The van der Waals surface area contributed by atoms with Gasteiger partial charge in [0.05, 0.1) is 22.3 Å². The summed E-state index contributed by atoms with van der Waals surface area (Å²) in [6.07, 6.45) is 0.511. The van der Waals surface area contributed by atoms with Crippen molar-refractivity contribution in [3.05, 3.63) is 35.9 Å². The summed E-state index contributed by atoms with van der Waals surface area (Å²) in [5.41, 5.74) is 2.88. The van der Waals surface area contributed by atoms with Crippen molar-refractivity contribution < 1.29 is 13.2 Å². The number of carbonyl (C=O) groups excluding carboxylic acids is 1. The third-order valence-electron chi connectivity index (χ3n) is 5.48. The zero-order chi connectivity index (χ0) is 20.8. The van der Waals surface area contributed by atoms with Gasteiger partial charge in [-0.2, -0.15) is 0 Å². The van der Waals surface area contributed by atoms with E-state index in [2.05, 4.69) is 16.3 Å². The van der Waals surface area contributed by atoms with E-state index >= 15 is 0 Å². The fourth-order valence-corrected chi connectivity index (χ4v) is 6.68. The fourth-order valence-electron chi connectivity index (χ4n) is 4.01. The van der Waals surface area contributed by atoms with Crippen molar-refractivity contribution in [2.45, 2.75) is 43.6 Å². The SMILES string of the molecule is CCN(C(=O)C(C)Sc1nnc2cc(C)c3ccccc3n12)C1CCS(=O)(=O)C1. The van der Waals surface area contributed by atoms with Crippen LogP contribution < -0.4 is 0 Å². The van der Waals surface area contributed by atoms with E-state index in [-0.39, 0.29) is 23.5 Å². The lowest BCUT2D eigenvalue weighted by atomic mass is 10.1. The van der Waals surface area contributed by atoms with Gasteiger partial charge in [-0.25, -0.2) is 8.42 Å². The normalized spacial score (nSPS) is 19.6. The lowest BCUT2D eigenvalue weighted by molar-refractivity contribution is -0.131. The molecule has 9 heteroatoms. The second-order valence-electron chi connectivity index (χ2n) is 7.46. The number of hydrogen-bond acceptors (Lipinski definition) is 6.